The third-order valence-corrected chi connectivity index (χ3v) is 4.31. The fourth-order valence-electron chi connectivity index (χ4n) is 3.00. The van der Waals surface area contributed by atoms with E-state index in [1.807, 2.05) is 0 Å². The second-order valence-corrected chi connectivity index (χ2v) is 6.07. The highest BCUT2D eigenvalue weighted by molar-refractivity contribution is 6.07. The topological polar surface area (TPSA) is 123 Å². The summed E-state index contributed by atoms with van der Waals surface area (Å²) in [5.74, 6) is 0.149. The summed E-state index contributed by atoms with van der Waals surface area (Å²) < 4.78 is 5.09. The van der Waals surface area contributed by atoms with E-state index in [2.05, 4.69) is 16.0 Å². The average Bonchev–Trinajstić information content (AvgIpc) is 2.67. The third-order valence-electron chi connectivity index (χ3n) is 4.31. The number of carbonyl (C=O) groups excluding carboxylic acids is 2. The van der Waals surface area contributed by atoms with Crippen molar-refractivity contribution in [2.24, 2.45) is 0 Å². The maximum Gasteiger partial charge on any atom is 0.319 e. The van der Waals surface area contributed by atoms with Gasteiger partial charge in [-0.15, -0.1) is 0 Å². The maximum atomic E-state index is 12.9. The van der Waals surface area contributed by atoms with Crippen molar-refractivity contribution in [1.29, 1.82) is 0 Å². The lowest BCUT2D eigenvalue weighted by molar-refractivity contribution is -0.385. The molecule has 3 rings (SSSR count). The summed E-state index contributed by atoms with van der Waals surface area (Å²) in [5.41, 5.74) is 1.06. The Morgan fingerprint density at radius 1 is 1.18 bits per heavy atom. The number of anilines is 1. The molecule has 0 aliphatic carbocycles. The van der Waals surface area contributed by atoms with Crippen LogP contribution in [-0.2, 0) is 4.79 Å². The van der Waals surface area contributed by atoms with Gasteiger partial charge in [-0.1, -0.05) is 12.1 Å². The Kier molecular flexibility index (Phi) is 5.25. The van der Waals surface area contributed by atoms with Crippen molar-refractivity contribution < 1.29 is 19.2 Å². The lowest BCUT2D eigenvalue weighted by Crippen LogP contribution is -2.46. The van der Waals surface area contributed by atoms with Gasteiger partial charge in [0.05, 0.1) is 29.2 Å². The molecule has 0 radical (unpaired) electrons. The SMILES string of the molecule is COc1ccc(NC(=O)C2=C(C)NC(=O)N[C@@H]2c2ccccc2[N+](=O)[O-])cc1. The van der Waals surface area contributed by atoms with Gasteiger partial charge in [-0.25, -0.2) is 4.79 Å². The van der Waals surface area contributed by atoms with Gasteiger partial charge < -0.3 is 20.7 Å². The first kappa shape index (κ1) is 18.9. The number of urea groups is 1. The number of carbonyl (C=O) groups is 2. The van der Waals surface area contributed by atoms with Crippen molar-refractivity contribution >= 4 is 23.3 Å². The standard InChI is InChI=1S/C19H18N4O5/c1-11-16(18(24)21-12-7-9-13(28-2)10-8-12)17(22-19(25)20-11)14-5-3-4-6-15(14)23(26)27/h3-10,17H,1-2H3,(H,21,24)(H2,20,22,25)/t17-/m1/s1. The number of hydrogen-bond acceptors (Lipinski definition) is 5. The Labute approximate surface area is 160 Å². The van der Waals surface area contributed by atoms with Gasteiger partial charge in [-0.2, -0.15) is 0 Å². The third kappa shape index (κ3) is 3.78. The number of amides is 3. The first-order chi connectivity index (χ1) is 13.4. The lowest BCUT2D eigenvalue weighted by Gasteiger charge is -2.28. The number of allylic oxidation sites excluding steroid dienone is 1. The van der Waals surface area contributed by atoms with Crippen LogP contribution in [0.15, 0.2) is 59.8 Å². The predicted molar refractivity (Wildman–Crippen MR) is 102 cm³/mol. The van der Waals surface area contributed by atoms with E-state index in [-0.39, 0.29) is 16.8 Å². The molecule has 9 heteroatoms. The molecule has 0 spiro atoms. The Hall–Kier alpha value is -3.88. The van der Waals surface area contributed by atoms with E-state index in [0.717, 1.165) is 0 Å². The number of para-hydroxylation sites is 1. The molecular formula is C19H18N4O5. The van der Waals surface area contributed by atoms with Gasteiger partial charge in [0.1, 0.15) is 5.75 Å². The Balaban J connectivity index is 1.98. The quantitative estimate of drug-likeness (QED) is 0.542. The number of nitro groups is 1. The van der Waals surface area contributed by atoms with E-state index >= 15 is 0 Å². The van der Waals surface area contributed by atoms with Gasteiger partial charge in [-0.05, 0) is 37.3 Å². The number of rotatable bonds is 5. The Bertz CT molecular complexity index is 969. The van der Waals surface area contributed by atoms with Gasteiger partial charge in [-0.3, -0.25) is 14.9 Å². The van der Waals surface area contributed by atoms with Crippen LogP contribution in [0, 0.1) is 10.1 Å². The highest BCUT2D eigenvalue weighted by Gasteiger charge is 2.34. The summed E-state index contributed by atoms with van der Waals surface area (Å²) in [6.45, 7) is 1.57. The molecule has 0 aromatic heterocycles. The molecule has 0 fully saturated rings. The first-order valence-corrected chi connectivity index (χ1v) is 8.37. The molecule has 0 unspecified atom stereocenters. The first-order valence-electron chi connectivity index (χ1n) is 8.37. The van der Waals surface area contributed by atoms with Gasteiger partial charge >= 0.3 is 6.03 Å². The smallest absolute Gasteiger partial charge is 0.319 e. The molecule has 3 N–H and O–H groups in total. The molecule has 144 valence electrons. The largest absolute Gasteiger partial charge is 0.497 e. The minimum Gasteiger partial charge on any atom is -0.497 e. The summed E-state index contributed by atoms with van der Waals surface area (Å²) in [5, 5.41) is 19.3. The monoisotopic (exact) mass is 382 g/mol. The molecule has 0 saturated heterocycles. The second kappa shape index (κ2) is 7.78. The van der Waals surface area contributed by atoms with E-state index in [1.54, 1.807) is 37.3 Å². The van der Waals surface area contributed by atoms with Crippen molar-refractivity contribution in [3.8, 4) is 5.75 Å². The van der Waals surface area contributed by atoms with Crippen molar-refractivity contribution in [1.82, 2.24) is 10.6 Å². The summed E-state index contributed by atoms with van der Waals surface area (Å²) in [7, 11) is 1.54. The van der Waals surface area contributed by atoms with Crippen LogP contribution >= 0.6 is 0 Å². The summed E-state index contributed by atoms with van der Waals surface area (Å²) in [6, 6.07) is 11.2. The van der Waals surface area contributed by atoms with Crippen LogP contribution in [0.4, 0.5) is 16.2 Å². The molecule has 2 aromatic carbocycles. The highest BCUT2D eigenvalue weighted by Crippen LogP contribution is 2.33. The van der Waals surface area contributed by atoms with Gasteiger partial charge in [0, 0.05) is 17.5 Å². The zero-order chi connectivity index (χ0) is 20.3. The van der Waals surface area contributed by atoms with Crippen LogP contribution in [0.2, 0.25) is 0 Å². The summed E-state index contributed by atoms with van der Waals surface area (Å²) >= 11 is 0. The van der Waals surface area contributed by atoms with Crippen LogP contribution in [-0.4, -0.2) is 24.0 Å². The number of nitrogens with zero attached hydrogens (tertiary/aromatic N) is 1. The average molecular weight is 382 g/mol. The second-order valence-electron chi connectivity index (χ2n) is 6.07. The lowest BCUT2D eigenvalue weighted by atomic mass is 9.93. The Morgan fingerprint density at radius 3 is 2.50 bits per heavy atom. The number of nitrogens with one attached hydrogen (secondary N) is 3. The van der Waals surface area contributed by atoms with Crippen LogP contribution in [0.3, 0.4) is 0 Å². The number of hydrogen-bond donors (Lipinski definition) is 3. The highest BCUT2D eigenvalue weighted by atomic mass is 16.6. The van der Waals surface area contributed by atoms with Crippen molar-refractivity contribution in [3.63, 3.8) is 0 Å². The molecule has 2 aromatic rings. The van der Waals surface area contributed by atoms with Crippen molar-refractivity contribution in [2.75, 3.05) is 12.4 Å². The molecule has 1 atom stereocenters. The van der Waals surface area contributed by atoms with Crippen LogP contribution in [0.25, 0.3) is 0 Å². The maximum absolute atomic E-state index is 12.9. The van der Waals surface area contributed by atoms with Crippen LogP contribution < -0.4 is 20.7 Å². The summed E-state index contributed by atoms with van der Waals surface area (Å²) in [4.78, 5) is 35.8. The minimum atomic E-state index is -0.964. The molecule has 1 aliphatic heterocycles. The molecule has 3 amide bonds. The molecule has 1 aliphatic rings. The normalized spacial score (nSPS) is 16.1. The van der Waals surface area contributed by atoms with Crippen molar-refractivity contribution in [2.45, 2.75) is 13.0 Å². The number of methoxy groups -OCH3 is 1. The van der Waals surface area contributed by atoms with Crippen LogP contribution in [0.5, 0.6) is 5.75 Å². The molecule has 9 nitrogen and oxygen atoms in total. The fraction of sp³-hybridized carbons (Fsp3) is 0.158. The van der Waals surface area contributed by atoms with E-state index in [9.17, 15) is 19.7 Å². The van der Waals surface area contributed by atoms with E-state index < -0.39 is 22.9 Å². The number of ether oxygens (including phenoxy) is 1. The van der Waals surface area contributed by atoms with E-state index in [1.165, 1.54) is 25.3 Å². The fourth-order valence-corrected chi connectivity index (χ4v) is 3.00. The van der Waals surface area contributed by atoms with Crippen LogP contribution in [0.1, 0.15) is 18.5 Å². The van der Waals surface area contributed by atoms with E-state index in [4.69, 9.17) is 4.74 Å². The zero-order valence-electron chi connectivity index (χ0n) is 15.2. The molecule has 0 bridgehead atoms. The summed E-state index contributed by atoms with van der Waals surface area (Å²) in [6.07, 6.45) is 0. The predicted octanol–water partition coefficient (Wildman–Crippen LogP) is 2.87. The molecule has 1 heterocycles. The van der Waals surface area contributed by atoms with Gasteiger partial charge in [0.15, 0.2) is 0 Å². The van der Waals surface area contributed by atoms with Gasteiger partial charge in [0.2, 0.25) is 0 Å². The van der Waals surface area contributed by atoms with Crippen molar-refractivity contribution in [3.05, 3.63) is 75.5 Å². The molecule has 28 heavy (non-hydrogen) atoms. The van der Waals surface area contributed by atoms with E-state index in [0.29, 0.717) is 17.1 Å². The zero-order valence-corrected chi connectivity index (χ0v) is 15.2. The molecular weight excluding hydrogens is 364 g/mol. The minimum absolute atomic E-state index is 0.183. The Morgan fingerprint density at radius 2 is 1.86 bits per heavy atom. The van der Waals surface area contributed by atoms with Gasteiger partial charge in [0.25, 0.3) is 11.6 Å². The number of benzene rings is 2. The number of nitro benzene ring substituents is 1. The molecule has 0 saturated carbocycles.